The van der Waals surface area contributed by atoms with Gasteiger partial charge in [0, 0.05) is 12.3 Å². The molecule has 19 heavy (non-hydrogen) atoms. The van der Waals surface area contributed by atoms with Crippen LogP contribution in [0.5, 0.6) is 0 Å². The van der Waals surface area contributed by atoms with Gasteiger partial charge in [0.1, 0.15) is 6.54 Å². The molecule has 0 aromatic heterocycles. The van der Waals surface area contributed by atoms with Gasteiger partial charge in [-0.1, -0.05) is 36.4 Å². The number of carbonyl (C=O) groups excluding carboxylic acids is 1. The summed E-state index contributed by atoms with van der Waals surface area (Å²) in [5, 5.41) is 8.87. The van der Waals surface area contributed by atoms with Crippen molar-refractivity contribution >= 4 is 23.6 Å². The maximum atomic E-state index is 12.0. The molecule has 0 unspecified atom stereocenters. The molecule has 0 heterocycles. The molecular weight excluding hydrogens is 262 g/mol. The van der Waals surface area contributed by atoms with Crippen molar-refractivity contribution in [1.29, 1.82) is 0 Å². The van der Waals surface area contributed by atoms with Crippen LogP contribution in [0.4, 0.5) is 0 Å². The number of nitrogens with zero attached hydrogens (tertiary/aromatic N) is 1. The molecule has 5 heteroatoms. The molecule has 1 aromatic carbocycles. The average molecular weight is 279 g/mol. The highest BCUT2D eigenvalue weighted by Gasteiger charge is 2.16. The lowest BCUT2D eigenvalue weighted by Gasteiger charge is -2.20. The van der Waals surface area contributed by atoms with Gasteiger partial charge in [0.05, 0.1) is 5.75 Å². The second kappa shape index (κ2) is 8.37. The van der Waals surface area contributed by atoms with Gasteiger partial charge < -0.3 is 10.0 Å². The monoisotopic (exact) mass is 279 g/mol. The second-order valence-electron chi connectivity index (χ2n) is 3.93. The Morgan fingerprint density at radius 3 is 2.58 bits per heavy atom. The quantitative estimate of drug-likeness (QED) is 0.584. The van der Waals surface area contributed by atoms with Gasteiger partial charge in [-0.15, -0.1) is 18.3 Å². The molecule has 0 fully saturated rings. The van der Waals surface area contributed by atoms with E-state index in [1.54, 1.807) is 6.08 Å². The van der Waals surface area contributed by atoms with Crippen molar-refractivity contribution < 1.29 is 14.7 Å². The van der Waals surface area contributed by atoms with Gasteiger partial charge >= 0.3 is 5.97 Å². The number of thioether (sulfide) groups is 1. The molecule has 1 rings (SSSR count). The lowest BCUT2D eigenvalue weighted by Crippen LogP contribution is -2.36. The summed E-state index contributed by atoms with van der Waals surface area (Å²) in [6.07, 6.45) is 1.72. The number of hydrogen-bond acceptors (Lipinski definition) is 3. The average Bonchev–Trinajstić information content (AvgIpc) is 2.39. The fourth-order valence-electron chi connectivity index (χ4n) is 1.52. The highest BCUT2D eigenvalue weighted by atomic mass is 32.2. The van der Waals surface area contributed by atoms with Crippen molar-refractivity contribution in [1.82, 2.24) is 4.90 Å². The molecule has 1 aromatic rings. The van der Waals surface area contributed by atoms with Crippen molar-refractivity contribution in [3.8, 4) is 0 Å². The van der Waals surface area contributed by atoms with E-state index >= 15 is 0 Å². The van der Waals surface area contributed by atoms with Crippen LogP contribution in [0.25, 0.3) is 0 Å². The summed E-state index contributed by atoms with van der Waals surface area (Å²) in [7, 11) is 0. The molecule has 1 N–H and O–H groups in total. The molecule has 0 saturated heterocycles. The van der Waals surface area contributed by atoms with Gasteiger partial charge in [0.15, 0.2) is 0 Å². The maximum Gasteiger partial charge on any atom is 0.323 e. The number of rotatable bonds is 8. The Hall–Kier alpha value is -1.75. The van der Waals surface area contributed by atoms with E-state index in [0.717, 1.165) is 5.56 Å². The zero-order chi connectivity index (χ0) is 14.1. The fraction of sp³-hybridized carbons (Fsp3) is 0.286. The van der Waals surface area contributed by atoms with Gasteiger partial charge in [0.25, 0.3) is 0 Å². The predicted octanol–water partition coefficient (Wildman–Crippen LogP) is 2.02. The van der Waals surface area contributed by atoms with Crippen molar-refractivity contribution in [3.05, 3.63) is 48.6 Å². The normalized spacial score (nSPS) is 9.89. The van der Waals surface area contributed by atoms with Gasteiger partial charge in [-0.25, -0.2) is 0 Å². The van der Waals surface area contributed by atoms with Crippen LogP contribution in [0.3, 0.4) is 0 Å². The number of benzene rings is 1. The van der Waals surface area contributed by atoms with E-state index in [-0.39, 0.29) is 18.2 Å². The van der Waals surface area contributed by atoms with E-state index in [4.69, 9.17) is 5.11 Å². The van der Waals surface area contributed by atoms with E-state index in [1.807, 2.05) is 30.3 Å². The van der Waals surface area contributed by atoms with Crippen LogP contribution >= 0.6 is 11.8 Å². The number of amides is 1. The lowest BCUT2D eigenvalue weighted by atomic mass is 10.2. The molecule has 0 aliphatic carbocycles. The standard InChI is InChI=1S/C14H17NO3S/c1-2-8-19-11-13(16)15(10-14(17)18)9-12-6-4-3-5-7-12/h2-7H,1,8-11H2,(H,17,18). The summed E-state index contributed by atoms with van der Waals surface area (Å²) in [4.78, 5) is 24.1. The predicted molar refractivity (Wildman–Crippen MR) is 77.0 cm³/mol. The molecule has 0 atom stereocenters. The maximum absolute atomic E-state index is 12.0. The van der Waals surface area contributed by atoms with E-state index in [1.165, 1.54) is 16.7 Å². The molecule has 0 bridgehead atoms. The molecule has 0 spiro atoms. The highest BCUT2D eigenvalue weighted by molar-refractivity contribution is 8.00. The van der Waals surface area contributed by atoms with E-state index in [0.29, 0.717) is 12.3 Å². The van der Waals surface area contributed by atoms with Crippen molar-refractivity contribution in [2.75, 3.05) is 18.1 Å². The van der Waals surface area contributed by atoms with Gasteiger partial charge in [0.2, 0.25) is 5.91 Å². The van der Waals surface area contributed by atoms with E-state index in [2.05, 4.69) is 6.58 Å². The summed E-state index contributed by atoms with van der Waals surface area (Å²) >= 11 is 1.43. The number of carboxylic acids is 1. The summed E-state index contributed by atoms with van der Waals surface area (Å²) < 4.78 is 0. The third kappa shape index (κ3) is 6.10. The molecule has 0 radical (unpaired) electrons. The Morgan fingerprint density at radius 1 is 1.32 bits per heavy atom. The molecule has 102 valence electrons. The molecular formula is C14H17NO3S. The topological polar surface area (TPSA) is 57.6 Å². The van der Waals surface area contributed by atoms with E-state index in [9.17, 15) is 9.59 Å². The van der Waals surface area contributed by atoms with Crippen LogP contribution < -0.4 is 0 Å². The first kappa shape index (κ1) is 15.3. The highest BCUT2D eigenvalue weighted by Crippen LogP contribution is 2.08. The Balaban J connectivity index is 2.63. The minimum Gasteiger partial charge on any atom is -0.480 e. The smallest absolute Gasteiger partial charge is 0.323 e. The van der Waals surface area contributed by atoms with Crippen LogP contribution in [-0.2, 0) is 16.1 Å². The molecule has 0 aliphatic rings. The first-order chi connectivity index (χ1) is 9.13. The van der Waals surface area contributed by atoms with Crippen molar-refractivity contribution in [2.45, 2.75) is 6.54 Å². The summed E-state index contributed by atoms with van der Waals surface area (Å²) in [5.41, 5.74) is 0.922. The van der Waals surface area contributed by atoms with Crippen LogP contribution in [0.2, 0.25) is 0 Å². The third-order valence-corrected chi connectivity index (χ3v) is 3.28. The second-order valence-corrected chi connectivity index (χ2v) is 4.96. The fourth-order valence-corrected chi connectivity index (χ4v) is 2.16. The molecule has 4 nitrogen and oxygen atoms in total. The Labute approximate surface area is 117 Å². The SMILES string of the molecule is C=CCSCC(=O)N(CC(=O)O)Cc1ccccc1. The Kier molecular flexibility index (Phi) is 6.74. The van der Waals surface area contributed by atoms with Crippen LogP contribution in [0.1, 0.15) is 5.56 Å². The summed E-state index contributed by atoms with van der Waals surface area (Å²) in [5.74, 6) is -0.222. The molecule has 0 aliphatic heterocycles. The van der Waals surface area contributed by atoms with Crippen LogP contribution in [0.15, 0.2) is 43.0 Å². The van der Waals surface area contributed by atoms with Crippen LogP contribution in [0, 0.1) is 0 Å². The van der Waals surface area contributed by atoms with Gasteiger partial charge in [-0.05, 0) is 5.56 Å². The minimum atomic E-state index is -1.00. The zero-order valence-corrected chi connectivity index (χ0v) is 11.4. The Bertz CT molecular complexity index is 434. The van der Waals surface area contributed by atoms with Gasteiger partial charge in [-0.3, -0.25) is 9.59 Å². The van der Waals surface area contributed by atoms with Gasteiger partial charge in [-0.2, -0.15) is 0 Å². The van der Waals surface area contributed by atoms with E-state index < -0.39 is 5.97 Å². The van der Waals surface area contributed by atoms with Crippen molar-refractivity contribution in [3.63, 3.8) is 0 Å². The number of aliphatic carboxylic acids is 1. The number of hydrogen-bond donors (Lipinski definition) is 1. The largest absolute Gasteiger partial charge is 0.480 e. The summed E-state index contributed by atoms with van der Waals surface area (Å²) in [6, 6.07) is 9.36. The Morgan fingerprint density at radius 2 is 2.00 bits per heavy atom. The molecule has 1 amide bonds. The molecule has 0 saturated carbocycles. The number of carboxylic acid groups (broad SMARTS) is 1. The summed E-state index contributed by atoms with van der Waals surface area (Å²) in [6.45, 7) is 3.62. The van der Waals surface area contributed by atoms with Crippen molar-refractivity contribution in [2.24, 2.45) is 0 Å². The zero-order valence-electron chi connectivity index (χ0n) is 10.6. The first-order valence-electron chi connectivity index (χ1n) is 5.85. The number of carbonyl (C=O) groups is 2. The first-order valence-corrected chi connectivity index (χ1v) is 7.01. The lowest BCUT2D eigenvalue weighted by molar-refractivity contribution is -0.143. The minimum absolute atomic E-state index is 0.168. The third-order valence-electron chi connectivity index (χ3n) is 2.36. The van der Waals surface area contributed by atoms with Crippen LogP contribution in [-0.4, -0.2) is 39.9 Å².